The van der Waals surface area contributed by atoms with Gasteiger partial charge in [0, 0.05) is 12.0 Å². The van der Waals surface area contributed by atoms with Gasteiger partial charge in [-0.25, -0.2) is 0 Å². The average Bonchev–Trinajstić information content (AvgIpc) is 2.46. The second-order valence-corrected chi connectivity index (χ2v) is 5.71. The summed E-state index contributed by atoms with van der Waals surface area (Å²) in [5, 5.41) is 6.50. The van der Waals surface area contributed by atoms with Crippen molar-refractivity contribution in [1.29, 1.82) is 0 Å². The lowest BCUT2D eigenvalue weighted by molar-refractivity contribution is -0.123. The maximum Gasteiger partial charge on any atom is 0.220 e. The summed E-state index contributed by atoms with van der Waals surface area (Å²) in [4.78, 5) is 12.1. The van der Waals surface area contributed by atoms with Crippen LogP contribution in [0.4, 0.5) is 0 Å². The van der Waals surface area contributed by atoms with Crippen LogP contribution in [0.25, 0.3) is 0 Å². The lowest BCUT2D eigenvalue weighted by atomic mass is 9.90. The summed E-state index contributed by atoms with van der Waals surface area (Å²) < 4.78 is 5.12. The van der Waals surface area contributed by atoms with Crippen molar-refractivity contribution in [3.63, 3.8) is 0 Å². The van der Waals surface area contributed by atoms with Crippen molar-refractivity contribution in [2.75, 3.05) is 20.2 Å². The number of ether oxygens (including phenoxy) is 1. The predicted molar refractivity (Wildman–Crippen MR) is 87.2 cm³/mol. The van der Waals surface area contributed by atoms with E-state index in [2.05, 4.69) is 17.6 Å². The van der Waals surface area contributed by atoms with Crippen molar-refractivity contribution in [3.05, 3.63) is 29.8 Å². The molecule has 21 heavy (non-hydrogen) atoms. The van der Waals surface area contributed by atoms with Crippen LogP contribution in [0, 0.1) is 0 Å². The largest absolute Gasteiger partial charge is 0.497 e. The van der Waals surface area contributed by atoms with Gasteiger partial charge in [-0.15, -0.1) is 12.4 Å². The predicted octanol–water partition coefficient (Wildman–Crippen LogP) is 2.31. The molecule has 118 valence electrons. The summed E-state index contributed by atoms with van der Waals surface area (Å²) in [5.74, 6) is 0.991. The Hall–Kier alpha value is -1.26. The van der Waals surface area contributed by atoms with E-state index >= 15 is 0 Å². The first-order valence-corrected chi connectivity index (χ1v) is 7.26. The highest BCUT2D eigenvalue weighted by molar-refractivity contribution is 5.85. The fourth-order valence-corrected chi connectivity index (χ4v) is 2.55. The Morgan fingerprint density at radius 3 is 2.48 bits per heavy atom. The molecule has 0 spiro atoms. The van der Waals surface area contributed by atoms with Crippen molar-refractivity contribution in [2.45, 2.75) is 38.1 Å². The van der Waals surface area contributed by atoms with Crippen LogP contribution in [-0.2, 0) is 11.2 Å². The van der Waals surface area contributed by atoms with Crippen molar-refractivity contribution < 1.29 is 9.53 Å². The molecule has 0 radical (unpaired) electrons. The van der Waals surface area contributed by atoms with Gasteiger partial charge >= 0.3 is 0 Å². The van der Waals surface area contributed by atoms with Gasteiger partial charge < -0.3 is 15.4 Å². The maximum absolute atomic E-state index is 12.1. The zero-order valence-electron chi connectivity index (χ0n) is 12.8. The minimum atomic E-state index is -0.0394. The smallest absolute Gasteiger partial charge is 0.220 e. The summed E-state index contributed by atoms with van der Waals surface area (Å²) in [6.07, 6.45) is 3.31. The number of carbonyl (C=O) groups excluding carboxylic acids is 1. The van der Waals surface area contributed by atoms with Crippen LogP contribution in [0.2, 0.25) is 0 Å². The molecule has 2 N–H and O–H groups in total. The Bertz CT molecular complexity index is 442. The number of carbonyl (C=O) groups is 1. The van der Waals surface area contributed by atoms with E-state index in [1.165, 1.54) is 0 Å². The van der Waals surface area contributed by atoms with Gasteiger partial charge in [-0.2, -0.15) is 0 Å². The van der Waals surface area contributed by atoms with Gasteiger partial charge in [-0.1, -0.05) is 12.1 Å². The molecule has 1 aromatic rings. The van der Waals surface area contributed by atoms with Crippen molar-refractivity contribution in [2.24, 2.45) is 0 Å². The molecule has 1 aromatic carbocycles. The molecule has 0 atom stereocenters. The minimum absolute atomic E-state index is 0. The van der Waals surface area contributed by atoms with Gasteiger partial charge in [0.05, 0.1) is 7.11 Å². The quantitative estimate of drug-likeness (QED) is 0.877. The van der Waals surface area contributed by atoms with Crippen molar-refractivity contribution in [1.82, 2.24) is 10.6 Å². The molecular formula is C16H25ClN2O2. The number of amides is 1. The van der Waals surface area contributed by atoms with Crippen LogP contribution in [0.1, 0.15) is 31.7 Å². The zero-order valence-corrected chi connectivity index (χ0v) is 13.6. The third kappa shape index (κ3) is 5.56. The Morgan fingerprint density at radius 1 is 1.29 bits per heavy atom. The third-order valence-corrected chi connectivity index (χ3v) is 3.95. The standard InChI is InChI=1S/C16H24N2O2.ClH/c1-16(9-11-17-12-10-16)18-15(19)8-5-13-3-6-14(20-2)7-4-13;/h3-4,6-7,17H,5,8-12H2,1-2H3,(H,18,19);1H. The highest BCUT2D eigenvalue weighted by Gasteiger charge is 2.27. The normalized spacial score (nSPS) is 16.7. The Kier molecular flexibility index (Phi) is 6.99. The Labute approximate surface area is 133 Å². The molecule has 1 saturated heterocycles. The van der Waals surface area contributed by atoms with Gasteiger partial charge in [0.15, 0.2) is 0 Å². The fraction of sp³-hybridized carbons (Fsp3) is 0.562. The number of halogens is 1. The van der Waals surface area contributed by atoms with Crippen LogP contribution in [0.3, 0.4) is 0 Å². The molecule has 1 heterocycles. The van der Waals surface area contributed by atoms with Crippen molar-refractivity contribution >= 4 is 18.3 Å². The van der Waals surface area contributed by atoms with E-state index in [1.54, 1.807) is 7.11 Å². The van der Waals surface area contributed by atoms with Crippen LogP contribution in [0.5, 0.6) is 5.75 Å². The maximum atomic E-state index is 12.1. The summed E-state index contributed by atoms with van der Waals surface area (Å²) in [6, 6.07) is 7.89. The van der Waals surface area contributed by atoms with E-state index in [0.717, 1.165) is 43.7 Å². The van der Waals surface area contributed by atoms with Crippen LogP contribution >= 0.6 is 12.4 Å². The Morgan fingerprint density at radius 2 is 1.90 bits per heavy atom. The van der Waals surface area contributed by atoms with Gasteiger partial charge in [0.1, 0.15) is 5.75 Å². The molecule has 5 heteroatoms. The molecule has 2 rings (SSSR count). The molecule has 0 bridgehead atoms. The molecule has 0 saturated carbocycles. The second kappa shape index (κ2) is 8.25. The molecule has 0 unspecified atom stereocenters. The molecule has 4 nitrogen and oxygen atoms in total. The average molecular weight is 313 g/mol. The number of piperidine rings is 1. The first-order chi connectivity index (χ1) is 9.61. The van der Waals surface area contributed by atoms with E-state index in [0.29, 0.717) is 6.42 Å². The number of hydrogen-bond donors (Lipinski definition) is 2. The van der Waals surface area contributed by atoms with Crippen LogP contribution < -0.4 is 15.4 Å². The van der Waals surface area contributed by atoms with Gasteiger partial charge in [0.2, 0.25) is 5.91 Å². The summed E-state index contributed by atoms with van der Waals surface area (Å²) >= 11 is 0. The summed E-state index contributed by atoms with van der Waals surface area (Å²) in [5.41, 5.74) is 1.12. The topological polar surface area (TPSA) is 50.4 Å². The van der Waals surface area contributed by atoms with E-state index in [4.69, 9.17) is 4.74 Å². The van der Waals surface area contributed by atoms with E-state index < -0.39 is 0 Å². The molecule has 0 aromatic heterocycles. The second-order valence-electron chi connectivity index (χ2n) is 5.71. The minimum Gasteiger partial charge on any atom is -0.497 e. The van der Waals surface area contributed by atoms with E-state index in [9.17, 15) is 4.79 Å². The highest BCUT2D eigenvalue weighted by atomic mass is 35.5. The molecular weight excluding hydrogens is 288 g/mol. The third-order valence-electron chi connectivity index (χ3n) is 3.95. The first kappa shape index (κ1) is 17.8. The molecule has 1 amide bonds. The number of nitrogens with one attached hydrogen (secondary N) is 2. The molecule has 1 aliphatic heterocycles. The van der Waals surface area contributed by atoms with Gasteiger partial charge in [-0.3, -0.25) is 4.79 Å². The lowest BCUT2D eigenvalue weighted by Gasteiger charge is -2.35. The molecule has 1 aliphatic rings. The van der Waals surface area contributed by atoms with E-state index in [-0.39, 0.29) is 23.9 Å². The van der Waals surface area contributed by atoms with Gasteiger partial charge in [-0.05, 0) is 57.0 Å². The number of rotatable bonds is 5. The summed E-state index contributed by atoms with van der Waals surface area (Å²) in [7, 11) is 1.65. The number of benzene rings is 1. The van der Waals surface area contributed by atoms with Crippen LogP contribution in [-0.4, -0.2) is 31.6 Å². The summed E-state index contributed by atoms with van der Waals surface area (Å²) in [6.45, 7) is 4.10. The number of methoxy groups -OCH3 is 1. The van der Waals surface area contributed by atoms with Gasteiger partial charge in [0.25, 0.3) is 0 Å². The monoisotopic (exact) mass is 312 g/mol. The fourth-order valence-electron chi connectivity index (χ4n) is 2.55. The molecule has 0 aliphatic carbocycles. The SMILES string of the molecule is COc1ccc(CCC(=O)NC2(C)CCNCC2)cc1.Cl. The zero-order chi connectivity index (χ0) is 14.4. The lowest BCUT2D eigenvalue weighted by Crippen LogP contribution is -2.52. The Balaban J connectivity index is 0.00000220. The molecule has 1 fully saturated rings. The number of aryl methyl sites for hydroxylation is 1. The van der Waals surface area contributed by atoms with Crippen molar-refractivity contribution in [3.8, 4) is 5.75 Å². The van der Waals surface area contributed by atoms with E-state index in [1.807, 2.05) is 24.3 Å². The van der Waals surface area contributed by atoms with Crippen LogP contribution in [0.15, 0.2) is 24.3 Å². The highest BCUT2D eigenvalue weighted by Crippen LogP contribution is 2.18. The number of hydrogen-bond acceptors (Lipinski definition) is 3. The first-order valence-electron chi connectivity index (χ1n) is 7.26.